The normalized spacial score (nSPS) is 22.2. The van der Waals surface area contributed by atoms with Crippen molar-refractivity contribution in [2.75, 3.05) is 66.8 Å². The number of nitrogens with one attached hydrogen (secondary N) is 1. The van der Waals surface area contributed by atoms with E-state index in [4.69, 9.17) is 38.4 Å². The minimum Gasteiger partial charge on any atom is -0.468 e. The van der Waals surface area contributed by atoms with Crippen LogP contribution in [0.4, 0.5) is 0 Å². The summed E-state index contributed by atoms with van der Waals surface area (Å²) in [5, 5.41) is 3.33. The van der Waals surface area contributed by atoms with Gasteiger partial charge in [-0.3, -0.25) is 19.7 Å². The van der Waals surface area contributed by atoms with Gasteiger partial charge in [-0.2, -0.15) is 0 Å². The maximum Gasteiger partial charge on any atom is 0.327 e. The highest BCUT2D eigenvalue weighted by Gasteiger charge is 2.37. The smallest absolute Gasteiger partial charge is 0.327 e. The molecule has 0 spiro atoms. The van der Waals surface area contributed by atoms with Gasteiger partial charge in [-0.15, -0.1) is 0 Å². The molecule has 73 heavy (non-hydrogen) atoms. The Morgan fingerprint density at radius 3 is 1.74 bits per heavy atom. The van der Waals surface area contributed by atoms with Gasteiger partial charge < -0.3 is 33.7 Å². The van der Waals surface area contributed by atoms with Crippen LogP contribution in [0.15, 0.2) is 72.8 Å². The first-order valence-electron chi connectivity index (χ1n) is 27.7. The first kappa shape index (κ1) is 55.2. The number of aromatic nitrogens is 2. The van der Waals surface area contributed by atoms with E-state index in [9.17, 15) is 9.59 Å². The fraction of sp³-hybridized carbons (Fsp3) is 0.600. The molecule has 4 saturated heterocycles. The van der Waals surface area contributed by atoms with Crippen LogP contribution in [-0.2, 0) is 76.5 Å². The summed E-state index contributed by atoms with van der Waals surface area (Å²) in [4.78, 5) is 36.1. The van der Waals surface area contributed by atoms with Crippen LogP contribution >= 0.6 is 15.9 Å². The first-order valence-corrected chi connectivity index (χ1v) is 28.6. The van der Waals surface area contributed by atoms with Crippen LogP contribution in [-0.4, -0.2) is 106 Å². The molecule has 0 bridgehead atoms. The molecular formula is C60H81BrN4O8. The third-order valence-electron chi connectivity index (χ3n) is 15.3. The molecule has 6 atom stereocenters. The highest BCUT2D eigenvalue weighted by Crippen LogP contribution is 2.38. The van der Waals surface area contributed by atoms with Gasteiger partial charge in [0.2, 0.25) is 0 Å². The number of hydrogen-bond donors (Lipinski definition) is 1. The number of ether oxygens (including phenoxy) is 6. The molecule has 4 aliphatic heterocycles. The number of carbonyl (C=O) groups is 2. The Morgan fingerprint density at radius 1 is 0.644 bits per heavy atom. The van der Waals surface area contributed by atoms with E-state index in [1.165, 1.54) is 106 Å². The van der Waals surface area contributed by atoms with Crippen molar-refractivity contribution in [3.05, 3.63) is 129 Å². The van der Waals surface area contributed by atoms with E-state index in [1.807, 2.05) is 36.4 Å². The Bertz CT molecular complexity index is 2330. The fourth-order valence-electron chi connectivity index (χ4n) is 11.3. The second kappa shape index (κ2) is 29.3. The third-order valence-corrected chi connectivity index (χ3v) is 16.2. The lowest BCUT2D eigenvalue weighted by Crippen LogP contribution is -2.35. The zero-order valence-corrected chi connectivity index (χ0v) is 45.3. The van der Waals surface area contributed by atoms with Crippen LogP contribution in [0, 0.1) is 0 Å². The van der Waals surface area contributed by atoms with Crippen molar-refractivity contribution in [2.45, 2.75) is 164 Å². The molecule has 6 heterocycles. The van der Waals surface area contributed by atoms with Gasteiger partial charge >= 0.3 is 11.9 Å². The molecule has 2 aromatic heterocycles. The minimum atomic E-state index is -0.423. The number of unbranched alkanes of at least 4 members (excludes halogenated alkanes) is 2. The number of likely N-dealkylation sites (tertiary alicyclic amines) is 1. The van der Waals surface area contributed by atoms with Crippen LogP contribution in [0.2, 0.25) is 0 Å². The number of pyridine rings is 2. The third kappa shape index (κ3) is 16.0. The van der Waals surface area contributed by atoms with Crippen LogP contribution in [0.5, 0.6) is 0 Å². The number of fused-ring (bicyclic) bond motifs is 2. The highest BCUT2D eigenvalue weighted by atomic mass is 79.9. The minimum absolute atomic E-state index is 0.0626. The number of esters is 2. The first-order chi connectivity index (χ1) is 35.9. The summed E-state index contributed by atoms with van der Waals surface area (Å²) in [6.45, 7) is 6.94. The summed E-state index contributed by atoms with van der Waals surface area (Å²) in [7, 11) is 2.87. The second-order valence-corrected chi connectivity index (χ2v) is 21.4. The number of benzene rings is 2. The summed E-state index contributed by atoms with van der Waals surface area (Å²) in [5.41, 5.74) is 12.2. The number of aryl methyl sites for hydroxylation is 6. The second-order valence-electron chi connectivity index (χ2n) is 20.5. The SMILES string of the molecule is COC(=O)C(Br)c1ccccc1C1CCCO1.COC(=O)C(c1ccccc1C1CCCO1)N1CC[C@@H](OCCCCc2ccc3c(n2)CCCC3)C1.c1cc2c(nc1CCCCOC1CCNC1)CCCC2. The Morgan fingerprint density at radius 2 is 1.19 bits per heavy atom. The zero-order valence-electron chi connectivity index (χ0n) is 43.7. The Labute approximate surface area is 443 Å². The van der Waals surface area contributed by atoms with Gasteiger partial charge in [0.25, 0.3) is 0 Å². The molecule has 13 heteroatoms. The Kier molecular flexibility index (Phi) is 22.1. The molecule has 2 aromatic carbocycles. The summed E-state index contributed by atoms with van der Waals surface area (Å²) in [6.07, 6.45) is 23.5. The lowest BCUT2D eigenvalue weighted by molar-refractivity contribution is -0.147. The molecule has 4 aromatic rings. The van der Waals surface area contributed by atoms with E-state index in [2.05, 4.69) is 62.5 Å². The Hall–Kier alpha value is -4.08. The van der Waals surface area contributed by atoms with Crippen molar-refractivity contribution in [1.82, 2.24) is 20.2 Å². The molecule has 5 unspecified atom stereocenters. The summed E-state index contributed by atoms with van der Waals surface area (Å²) < 4.78 is 33.7. The quantitative estimate of drug-likeness (QED) is 0.0545. The lowest BCUT2D eigenvalue weighted by atomic mass is 9.94. The number of carbonyl (C=O) groups excluding carboxylic acids is 2. The van der Waals surface area contributed by atoms with Crippen molar-refractivity contribution in [3.63, 3.8) is 0 Å². The van der Waals surface area contributed by atoms with E-state index in [-0.39, 0.29) is 30.3 Å². The molecule has 12 nitrogen and oxygen atoms in total. The van der Waals surface area contributed by atoms with Crippen molar-refractivity contribution < 1.29 is 38.0 Å². The van der Waals surface area contributed by atoms with E-state index >= 15 is 0 Å². The van der Waals surface area contributed by atoms with Crippen LogP contribution in [0.3, 0.4) is 0 Å². The van der Waals surface area contributed by atoms with Gasteiger partial charge in [-0.1, -0.05) is 76.6 Å². The van der Waals surface area contributed by atoms with Crippen molar-refractivity contribution in [2.24, 2.45) is 0 Å². The molecule has 4 fully saturated rings. The summed E-state index contributed by atoms with van der Waals surface area (Å²) in [6, 6.07) is 24.7. The predicted molar refractivity (Wildman–Crippen MR) is 288 cm³/mol. The van der Waals surface area contributed by atoms with Crippen molar-refractivity contribution in [1.29, 1.82) is 0 Å². The van der Waals surface area contributed by atoms with E-state index in [0.29, 0.717) is 6.10 Å². The molecule has 1 N–H and O–H groups in total. The molecule has 396 valence electrons. The summed E-state index contributed by atoms with van der Waals surface area (Å²) in [5.74, 6) is -0.492. The van der Waals surface area contributed by atoms with Gasteiger partial charge in [0, 0.05) is 68.8 Å². The van der Waals surface area contributed by atoms with Crippen LogP contribution in [0.1, 0.15) is 169 Å². The molecule has 0 amide bonds. The summed E-state index contributed by atoms with van der Waals surface area (Å²) >= 11 is 3.38. The van der Waals surface area contributed by atoms with Gasteiger partial charge in [-0.25, -0.2) is 4.79 Å². The Balaban J connectivity index is 0.000000162. The number of nitrogens with zero attached hydrogens (tertiary/aromatic N) is 3. The molecule has 10 rings (SSSR count). The molecule has 0 saturated carbocycles. The van der Waals surface area contributed by atoms with Gasteiger partial charge in [-0.05, 0) is 180 Å². The lowest BCUT2D eigenvalue weighted by Gasteiger charge is -2.28. The van der Waals surface area contributed by atoms with Gasteiger partial charge in [0.1, 0.15) is 10.9 Å². The monoisotopic (exact) mass is 1060 g/mol. The number of methoxy groups -OCH3 is 2. The number of halogens is 1. The maximum atomic E-state index is 12.9. The van der Waals surface area contributed by atoms with Crippen LogP contribution < -0.4 is 5.32 Å². The average molecular weight is 1070 g/mol. The predicted octanol–water partition coefficient (Wildman–Crippen LogP) is 10.9. The maximum absolute atomic E-state index is 12.9. The van der Waals surface area contributed by atoms with E-state index in [0.717, 1.165) is 145 Å². The molecule has 6 aliphatic rings. The molecule has 0 radical (unpaired) electrons. The van der Waals surface area contributed by atoms with Crippen LogP contribution in [0.25, 0.3) is 0 Å². The number of hydrogen-bond acceptors (Lipinski definition) is 12. The van der Waals surface area contributed by atoms with Gasteiger partial charge in [0.05, 0.1) is 38.6 Å². The van der Waals surface area contributed by atoms with Gasteiger partial charge in [0.15, 0.2) is 0 Å². The van der Waals surface area contributed by atoms with E-state index in [1.54, 1.807) is 0 Å². The topological polar surface area (TPSA) is 131 Å². The largest absolute Gasteiger partial charge is 0.468 e. The van der Waals surface area contributed by atoms with Crippen molar-refractivity contribution in [3.8, 4) is 0 Å². The van der Waals surface area contributed by atoms with E-state index < -0.39 is 10.9 Å². The van der Waals surface area contributed by atoms with Crippen molar-refractivity contribution >= 4 is 27.9 Å². The zero-order chi connectivity index (χ0) is 50.6. The fourth-order valence-corrected chi connectivity index (χ4v) is 11.9. The molecule has 2 aliphatic carbocycles. The number of alkyl halides is 1. The number of rotatable bonds is 19. The molecular weight excluding hydrogens is 985 g/mol. The standard InChI is InChI=1S/C30H40N2O4.C17H26N2O.C13H15BrO3/c1-34-30(33)29(26-12-4-3-11-25(26)28-14-8-20-36-28)32-18-17-24(21-32)35-19-7-6-10-23-16-15-22-9-2-5-13-27(22)31-23;1-2-7-17-14(5-1)8-9-15(19-17)6-3-4-12-20-16-10-11-18-13-16;1-16-13(15)12(14)10-6-3-2-5-9(10)11-7-4-8-17-11/h3-4,11-12,15-16,24,28-29H,2,5-10,13-14,17-21H2,1H3;8-9,16,18H,1-7,10-13H2;2-3,5-6,11-12H,4,7-8H2,1H3/t24-,28?,29?;;/m1../s1. The average Bonchev–Trinajstić information content (AvgIpc) is 4.32. The highest BCUT2D eigenvalue weighted by molar-refractivity contribution is 9.09.